The molecule has 2 heterocycles. The Balaban J connectivity index is 1.57. The second kappa shape index (κ2) is 6.83. The number of carboxylic acids is 1. The molecular weight excluding hydrogens is 330 g/mol. The molecule has 0 saturated heterocycles. The first kappa shape index (κ1) is 16.6. The molecule has 0 aliphatic carbocycles. The van der Waals surface area contributed by atoms with Crippen LogP contribution in [0.15, 0.2) is 48.5 Å². The molecular formula is C21H21NO4. The summed E-state index contributed by atoms with van der Waals surface area (Å²) in [7, 11) is 0. The Hall–Kier alpha value is -2.82. The maximum Gasteiger partial charge on any atom is 0.326 e. The summed E-state index contributed by atoms with van der Waals surface area (Å²) < 4.78 is 5.67. The van der Waals surface area contributed by atoms with Gasteiger partial charge in [-0.3, -0.25) is 4.79 Å². The number of para-hydroxylation sites is 1. The van der Waals surface area contributed by atoms with E-state index in [1.165, 1.54) is 4.90 Å². The molecule has 2 unspecified atom stereocenters. The highest BCUT2D eigenvalue weighted by molar-refractivity contribution is 5.85. The molecule has 0 fully saturated rings. The third-order valence-corrected chi connectivity index (χ3v) is 5.36. The Kier molecular flexibility index (Phi) is 4.37. The molecule has 0 radical (unpaired) electrons. The summed E-state index contributed by atoms with van der Waals surface area (Å²) in [5.41, 5.74) is 3.09. The average Bonchev–Trinajstić information content (AvgIpc) is 2.67. The zero-order valence-corrected chi connectivity index (χ0v) is 14.4. The van der Waals surface area contributed by atoms with Crippen LogP contribution in [0.5, 0.6) is 5.75 Å². The molecule has 2 aromatic rings. The number of benzene rings is 2. The second-order valence-electron chi connectivity index (χ2n) is 6.92. The topological polar surface area (TPSA) is 66.8 Å². The van der Waals surface area contributed by atoms with Gasteiger partial charge in [-0.05, 0) is 35.1 Å². The van der Waals surface area contributed by atoms with Crippen LogP contribution >= 0.6 is 0 Å². The Labute approximate surface area is 152 Å². The van der Waals surface area contributed by atoms with E-state index in [0.29, 0.717) is 26.0 Å². The van der Waals surface area contributed by atoms with Crippen LogP contribution in [0.3, 0.4) is 0 Å². The molecule has 0 spiro atoms. The zero-order valence-electron chi connectivity index (χ0n) is 14.4. The summed E-state index contributed by atoms with van der Waals surface area (Å²) >= 11 is 0. The van der Waals surface area contributed by atoms with Gasteiger partial charge < -0.3 is 14.7 Å². The summed E-state index contributed by atoms with van der Waals surface area (Å²) in [4.78, 5) is 26.3. The van der Waals surface area contributed by atoms with Gasteiger partial charge in [0.2, 0.25) is 5.91 Å². The van der Waals surface area contributed by atoms with Gasteiger partial charge in [0.1, 0.15) is 11.8 Å². The molecule has 1 amide bonds. The fraction of sp³-hybridized carbons (Fsp3) is 0.333. The average molecular weight is 351 g/mol. The molecule has 2 aromatic carbocycles. The Morgan fingerprint density at radius 2 is 1.81 bits per heavy atom. The van der Waals surface area contributed by atoms with Crippen molar-refractivity contribution in [3.05, 3.63) is 65.2 Å². The largest absolute Gasteiger partial charge is 0.493 e. The smallest absolute Gasteiger partial charge is 0.326 e. The summed E-state index contributed by atoms with van der Waals surface area (Å²) in [5, 5.41) is 9.63. The quantitative estimate of drug-likeness (QED) is 0.923. The maximum atomic E-state index is 13.0. The third kappa shape index (κ3) is 3.05. The van der Waals surface area contributed by atoms with Gasteiger partial charge in [0.25, 0.3) is 0 Å². The zero-order chi connectivity index (χ0) is 18.1. The molecule has 0 aromatic heterocycles. The van der Waals surface area contributed by atoms with E-state index >= 15 is 0 Å². The highest BCUT2D eigenvalue weighted by Gasteiger charge is 2.36. The lowest BCUT2D eigenvalue weighted by Crippen LogP contribution is -2.49. The van der Waals surface area contributed by atoms with Crippen LogP contribution in [0.1, 0.15) is 35.4 Å². The summed E-state index contributed by atoms with van der Waals surface area (Å²) in [5.74, 6) is -0.150. The minimum atomic E-state index is -0.944. The normalized spacial score (nSPS) is 21.3. The van der Waals surface area contributed by atoms with Crippen molar-refractivity contribution >= 4 is 11.9 Å². The van der Waals surface area contributed by atoms with Crippen LogP contribution in [0.2, 0.25) is 0 Å². The molecule has 2 atom stereocenters. The molecule has 134 valence electrons. The van der Waals surface area contributed by atoms with Crippen molar-refractivity contribution in [1.29, 1.82) is 0 Å². The van der Waals surface area contributed by atoms with Gasteiger partial charge in [0.15, 0.2) is 0 Å². The maximum absolute atomic E-state index is 13.0. The van der Waals surface area contributed by atoms with Crippen LogP contribution in [-0.2, 0) is 22.6 Å². The van der Waals surface area contributed by atoms with Crippen LogP contribution in [0, 0.1) is 0 Å². The molecule has 5 nitrogen and oxygen atoms in total. The Bertz CT molecular complexity index is 847. The van der Waals surface area contributed by atoms with E-state index in [1.54, 1.807) is 0 Å². The molecule has 26 heavy (non-hydrogen) atoms. The lowest BCUT2D eigenvalue weighted by atomic mass is 9.88. The number of aliphatic carboxylic acids is 1. The lowest BCUT2D eigenvalue weighted by Gasteiger charge is -2.36. The standard InChI is InChI=1S/C21H21NO4/c23-20(12-15-9-10-26-19-8-4-3-7-17(15)19)22-13-16-6-2-1-5-14(16)11-18(22)21(24)25/h1-8,15,18H,9-13H2,(H,24,25). The molecule has 0 saturated carbocycles. The van der Waals surface area contributed by atoms with Crippen LogP contribution in [0.25, 0.3) is 0 Å². The van der Waals surface area contributed by atoms with Gasteiger partial charge in [0.05, 0.1) is 6.61 Å². The highest BCUT2D eigenvalue weighted by Crippen LogP contribution is 2.36. The number of amides is 1. The monoisotopic (exact) mass is 351 g/mol. The molecule has 2 aliphatic rings. The van der Waals surface area contributed by atoms with Crippen LogP contribution < -0.4 is 4.74 Å². The van der Waals surface area contributed by atoms with Crippen molar-refractivity contribution in [3.63, 3.8) is 0 Å². The van der Waals surface area contributed by atoms with Crippen molar-refractivity contribution in [2.75, 3.05) is 6.61 Å². The van der Waals surface area contributed by atoms with Gasteiger partial charge in [-0.25, -0.2) is 4.79 Å². The van der Waals surface area contributed by atoms with Gasteiger partial charge >= 0.3 is 5.97 Å². The van der Waals surface area contributed by atoms with Crippen LogP contribution in [-0.4, -0.2) is 34.5 Å². The SMILES string of the molecule is O=C(O)C1Cc2ccccc2CN1C(=O)CC1CCOc2ccccc21. The fourth-order valence-corrected chi connectivity index (χ4v) is 3.96. The Morgan fingerprint density at radius 3 is 2.62 bits per heavy atom. The van der Waals surface area contributed by atoms with E-state index in [2.05, 4.69) is 0 Å². The lowest BCUT2D eigenvalue weighted by molar-refractivity contribution is -0.151. The van der Waals surface area contributed by atoms with E-state index in [9.17, 15) is 14.7 Å². The van der Waals surface area contributed by atoms with Crippen molar-refractivity contribution < 1.29 is 19.4 Å². The second-order valence-corrected chi connectivity index (χ2v) is 6.92. The number of ether oxygens (including phenoxy) is 1. The summed E-state index contributed by atoms with van der Waals surface area (Å²) in [6.07, 6.45) is 1.44. The molecule has 5 heteroatoms. The predicted molar refractivity (Wildman–Crippen MR) is 96.0 cm³/mol. The molecule has 4 rings (SSSR count). The molecule has 2 aliphatic heterocycles. The number of fused-ring (bicyclic) bond motifs is 2. The van der Waals surface area contributed by atoms with E-state index in [-0.39, 0.29) is 11.8 Å². The van der Waals surface area contributed by atoms with Crippen molar-refractivity contribution in [2.45, 2.75) is 37.8 Å². The summed E-state index contributed by atoms with van der Waals surface area (Å²) in [6, 6.07) is 14.7. The van der Waals surface area contributed by atoms with Gasteiger partial charge in [-0.15, -0.1) is 0 Å². The van der Waals surface area contributed by atoms with Crippen molar-refractivity contribution in [2.24, 2.45) is 0 Å². The highest BCUT2D eigenvalue weighted by atomic mass is 16.5. The number of carbonyl (C=O) groups is 2. The van der Waals surface area contributed by atoms with E-state index in [4.69, 9.17) is 4.74 Å². The number of rotatable bonds is 3. The minimum absolute atomic E-state index is 0.0686. The third-order valence-electron chi connectivity index (χ3n) is 5.36. The Morgan fingerprint density at radius 1 is 1.08 bits per heavy atom. The van der Waals surface area contributed by atoms with E-state index < -0.39 is 12.0 Å². The van der Waals surface area contributed by atoms with Gasteiger partial charge in [0, 0.05) is 19.4 Å². The molecule has 0 bridgehead atoms. The van der Waals surface area contributed by atoms with Crippen molar-refractivity contribution in [3.8, 4) is 5.75 Å². The number of carboxylic acid groups (broad SMARTS) is 1. The first-order valence-electron chi connectivity index (χ1n) is 8.94. The first-order valence-corrected chi connectivity index (χ1v) is 8.94. The van der Waals surface area contributed by atoms with Gasteiger partial charge in [-0.2, -0.15) is 0 Å². The minimum Gasteiger partial charge on any atom is -0.493 e. The number of hydrogen-bond donors (Lipinski definition) is 1. The fourth-order valence-electron chi connectivity index (χ4n) is 3.96. The van der Waals surface area contributed by atoms with E-state index in [0.717, 1.165) is 28.9 Å². The van der Waals surface area contributed by atoms with Gasteiger partial charge in [-0.1, -0.05) is 42.5 Å². The van der Waals surface area contributed by atoms with Crippen LogP contribution in [0.4, 0.5) is 0 Å². The first-order chi connectivity index (χ1) is 12.6. The number of hydrogen-bond acceptors (Lipinski definition) is 3. The number of nitrogens with zero attached hydrogens (tertiary/aromatic N) is 1. The van der Waals surface area contributed by atoms with Crippen molar-refractivity contribution in [1.82, 2.24) is 4.90 Å². The predicted octanol–water partition coefficient (Wildman–Crippen LogP) is 2.98. The van der Waals surface area contributed by atoms with E-state index in [1.807, 2.05) is 48.5 Å². The molecule has 1 N–H and O–H groups in total. The number of carbonyl (C=O) groups excluding carboxylic acids is 1. The summed E-state index contributed by atoms with van der Waals surface area (Å²) in [6.45, 7) is 0.941.